The van der Waals surface area contributed by atoms with Crippen molar-refractivity contribution in [1.82, 2.24) is 9.38 Å². The Morgan fingerprint density at radius 1 is 1.25 bits per heavy atom. The van der Waals surface area contributed by atoms with E-state index in [1.165, 1.54) is 0 Å². The zero-order chi connectivity index (χ0) is 14.3. The summed E-state index contributed by atoms with van der Waals surface area (Å²) >= 11 is 9.30. The average molecular weight is 352 g/mol. The quantitative estimate of drug-likeness (QED) is 0.756. The van der Waals surface area contributed by atoms with Gasteiger partial charge in [-0.1, -0.05) is 41.9 Å². The van der Waals surface area contributed by atoms with Gasteiger partial charge in [0.05, 0.1) is 10.5 Å². The summed E-state index contributed by atoms with van der Waals surface area (Å²) in [6.45, 7) is 0. The summed E-state index contributed by atoms with van der Waals surface area (Å²) in [7, 11) is 0. The van der Waals surface area contributed by atoms with Gasteiger partial charge in [0.2, 0.25) is 0 Å². The fourth-order valence-electron chi connectivity index (χ4n) is 2.10. The second-order valence-corrected chi connectivity index (χ2v) is 5.31. The molecule has 0 fully saturated rings. The molecule has 0 saturated carbocycles. The largest absolute Gasteiger partial charge is 0.478 e. The van der Waals surface area contributed by atoms with Gasteiger partial charge in [-0.2, -0.15) is 0 Å². The van der Waals surface area contributed by atoms with Crippen molar-refractivity contribution in [2.24, 2.45) is 0 Å². The van der Waals surface area contributed by atoms with Gasteiger partial charge >= 0.3 is 5.97 Å². The van der Waals surface area contributed by atoms with Crippen LogP contribution in [0.2, 0.25) is 5.02 Å². The Labute approximate surface area is 127 Å². The highest BCUT2D eigenvalue weighted by Gasteiger charge is 2.20. The maximum absolute atomic E-state index is 11.4. The number of fused-ring (bicyclic) bond motifs is 1. The van der Waals surface area contributed by atoms with Crippen LogP contribution in [0.15, 0.2) is 47.2 Å². The first-order chi connectivity index (χ1) is 9.59. The molecular weight excluding hydrogens is 344 g/mol. The van der Waals surface area contributed by atoms with Gasteiger partial charge in [-0.15, -0.1) is 0 Å². The van der Waals surface area contributed by atoms with Crippen molar-refractivity contribution in [3.63, 3.8) is 0 Å². The van der Waals surface area contributed by atoms with Gasteiger partial charge in [0.1, 0.15) is 16.0 Å². The monoisotopic (exact) mass is 350 g/mol. The first-order valence-electron chi connectivity index (χ1n) is 5.74. The number of aromatic carboxylic acids is 1. The van der Waals surface area contributed by atoms with E-state index < -0.39 is 5.97 Å². The average Bonchev–Trinajstić information content (AvgIpc) is 2.77. The van der Waals surface area contributed by atoms with Gasteiger partial charge in [-0.25, -0.2) is 9.78 Å². The summed E-state index contributed by atoms with van der Waals surface area (Å²) in [5, 5.41) is 9.51. The molecule has 0 atom stereocenters. The first-order valence-corrected chi connectivity index (χ1v) is 6.91. The van der Waals surface area contributed by atoms with E-state index in [-0.39, 0.29) is 10.6 Å². The van der Waals surface area contributed by atoms with Crippen LogP contribution in [0.25, 0.3) is 16.9 Å². The van der Waals surface area contributed by atoms with Crippen molar-refractivity contribution in [2.45, 2.75) is 0 Å². The van der Waals surface area contributed by atoms with Crippen molar-refractivity contribution >= 4 is 39.0 Å². The molecule has 6 heteroatoms. The van der Waals surface area contributed by atoms with Crippen molar-refractivity contribution < 1.29 is 9.90 Å². The van der Waals surface area contributed by atoms with Crippen molar-refractivity contribution in [3.05, 3.63) is 57.8 Å². The number of hydrogen-bond acceptors (Lipinski definition) is 2. The van der Waals surface area contributed by atoms with Gasteiger partial charge in [-0.05, 0) is 22.0 Å². The molecule has 2 heterocycles. The number of benzene rings is 1. The molecule has 0 aliphatic carbocycles. The first kappa shape index (κ1) is 13.1. The lowest BCUT2D eigenvalue weighted by Crippen LogP contribution is -2.02. The van der Waals surface area contributed by atoms with Crippen LogP contribution in [0.1, 0.15) is 10.4 Å². The molecule has 0 radical (unpaired) electrons. The summed E-state index contributed by atoms with van der Waals surface area (Å²) in [6, 6.07) is 11.1. The third-order valence-electron chi connectivity index (χ3n) is 2.96. The Kier molecular flexibility index (Phi) is 3.23. The highest BCUT2D eigenvalue weighted by molar-refractivity contribution is 9.10. The molecule has 0 amide bonds. The number of rotatable bonds is 2. The maximum atomic E-state index is 11.4. The summed E-state index contributed by atoms with van der Waals surface area (Å²) < 4.78 is 2.17. The van der Waals surface area contributed by atoms with Gasteiger partial charge in [0.15, 0.2) is 0 Å². The lowest BCUT2D eigenvalue weighted by atomic mass is 10.2. The Balaban J connectivity index is 2.39. The van der Waals surface area contributed by atoms with E-state index in [1.54, 1.807) is 16.7 Å². The van der Waals surface area contributed by atoms with Crippen LogP contribution in [-0.4, -0.2) is 20.5 Å². The predicted molar refractivity (Wildman–Crippen MR) is 80.3 cm³/mol. The molecule has 4 nitrogen and oxygen atoms in total. The second-order valence-electron chi connectivity index (χ2n) is 4.15. The van der Waals surface area contributed by atoms with E-state index in [0.717, 1.165) is 5.56 Å². The normalized spacial score (nSPS) is 10.9. The van der Waals surface area contributed by atoms with Gasteiger partial charge in [0, 0.05) is 11.8 Å². The molecule has 100 valence electrons. The molecule has 0 aliphatic rings. The van der Waals surface area contributed by atoms with Crippen molar-refractivity contribution in [1.29, 1.82) is 0 Å². The van der Waals surface area contributed by atoms with Crippen LogP contribution in [0.3, 0.4) is 0 Å². The molecule has 1 N–H and O–H groups in total. The molecule has 0 aliphatic heterocycles. The van der Waals surface area contributed by atoms with Gasteiger partial charge in [-0.3, -0.25) is 4.40 Å². The minimum Gasteiger partial charge on any atom is -0.478 e. The van der Waals surface area contributed by atoms with Crippen molar-refractivity contribution in [3.8, 4) is 11.4 Å². The molecular formula is C14H8BrClN2O2. The summed E-state index contributed by atoms with van der Waals surface area (Å²) in [6.07, 6.45) is 1.71. The summed E-state index contributed by atoms with van der Waals surface area (Å²) in [4.78, 5) is 15.8. The van der Waals surface area contributed by atoms with E-state index in [9.17, 15) is 9.90 Å². The maximum Gasteiger partial charge on any atom is 0.339 e. The minimum absolute atomic E-state index is 0.0377. The molecule has 0 saturated heterocycles. The minimum atomic E-state index is -1.08. The second kappa shape index (κ2) is 4.92. The Hall–Kier alpha value is -1.85. The van der Waals surface area contributed by atoms with E-state index in [4.69, 9.17) is 11.6 Å². The van der Waals surface area contributed by atoms with E-state index in [2.05, 4.69) is 20.9 Å². The molecule has 3 rings (SSSR count). The number of imidazole rings is 1. The molecule has 1 aromatic carbocycles. The number of pyridine rings is 1. The molecule has 2 aromatic heterocycles. The SMILES string of the molecule is O=C(O)c1c(Cl)ccn2c(-c3ccccc3)nc(Br)c12. The molecule has 0 spiro atoms. The fraction of sp³-hybridized carbons (Fsp3) is 0. The van der Waals surface area contributed by atoms with Gasteiger partial charge in [0.25, 0.3) is 0 Å². The molecule has 3 aromatic rings. The smallest absolute Gasteiger partial charge is 0.339 e. The summed E-state index contributed by atoms with van der Waals surface area (Å²) in [5.74, 6) is -0.424. The van der Waals surface area contributed by atoms with Crippen LogP contribution in [0.4, 0.5) is 0 Å². The lowest BCUT2D eigenvalue weighted by Gasteiger charge is -2.05. The highest BCUT2D eigenvalue weighted by Crippen LogP contribution is 2.31. The van der Waals surface area contributed by atoms with Gasteiger partial charge < -0.3 is 5.11 Å². The number of halogens is 2. The third kappa shape index (κ3) is 1.99. The van der Waals surface area contributed by atoms with Crippen LogP contribution in [0, 0.1) is 0 Å². The highest BCUT2D eigenvalue weighted by atomic mass is 79.9. The van der Waals surface area contributed by atoms with Crippen LogP contribution < -0.4 is 0 Å². The predicted octanol–water partition coefficient (Wildman–Crippen LogP) is 4.12. The number of carbonyl (C=O) groups is 1. The van der Waals surface area contributed by atoms with Crippen LogP contribution in [0.5, 0.6) is 0 Å². The van der Waals surface area contributed by atoms with Crippen LogP contribution >= 0.6 is 27.5 Å². The third-order valence-corrected chi connectivity index (χ3v) is 3.83. The zero-order valence-electron chi connectivity index (χ0n) is 10.0. The fourth-order valence-corrected chi connectivity index (χ4v) is 2.89. The van der Waals surface area contributed by atoms with Crippen molar-refractivity contribution in [2.75, 3.05) is 0 Å². The molecule has 0 bridgehead atoms. The number of nitrogens with zero attached hydrogens (tertiary/aromatic N) is 2. The number of carboxylic acid groups (broad SMARTS) is 1. The number of aromatic nitrogens is 2. The Morgan fingerprint density at radius 3 is 2.60 bits per heavy atom. The van der Waals surface area contributed by atoms with E-state index in [1.807, 2.05) is 30.3 Å². The summed E-state index contributed by atoms with van der Waals surface area (Å²) in [5.41, 5.74) is 1.38. The van der Waals surface area contributed by atoms with E-state index >= 15 is 0 Å². The molecule has 20 heavy (non-hydrogen) atoms. The molecule has 0 unspecified atom stereocenters. The zero-order valence-corrected chi connectivity index (χ0v) is 12.4. The number of carboxylic acids is 1. The Bertz CT molecular complexity index is 815. The van der Waals surface area contributed by atoms with Crippen LogP contribution in [-0.2, 0) is 0 Å². The standard InChI is InChI=1S/C14H8BrClN2O2/c15-12-11-10(14(19)20)9(16)6-7-18(11)13(17-12)8-4-2-1-3-5-8/h1-7H,(H,19,20). The number of hydrogen-bond donors (Lipinski definition) is 1. The topological polar surface area (TPSA) is 54.6 Å². The van der Waals surface area contributed by atoms with E-state index in [0.29, 0.717) is 15.9 Å². The Morgan fingerprint density at radius 2 is 1.95 bits per heavy atom. The lowest BCUT2D eigenvalue weighted by molar-refractivity contribution is 0.0699.